The van der Waals surface area contributed by atoms with E-state index in [0.717, 1.165) is 13.0 Å². The molecule has 1 aromatic heterocycles. The van der Waals surface area contributed by atoms with Crippen molar-refractivity contribution in [2.24, 2.45) is 0 Å². The zero-order chi connectivity index (χ0) is 8.77. The first kappa shape index (κ1) is 7.80. The van der Waals surface area contributed by atoms with Crippen molar-refractivity contribution in [2.75, 3.05) is 13.6 Å². The lowest BCUT2D eigenvalue weighted by molar-refractivity contribution is 0.138. The van der Waals surface area contributed by atoms with Crippen molar-refractivity contribution >= 4 is 0 Å². The molecule has 3 nitrogen and oxygen atoms in total. The second kappa shape index (κ2) is 2.33. The van der Waals surface area contributed by atoms with Gasteiger partial charge in [0.25, 0.3) is 0 Å². The molecular weight excluding hydrogens is 150 g/mol. The molecule has 0 aliphatic carbocycles. The number of rotatable bonds is 0. The average molecular weight is 165 g/mol. The number of likely N-dealkylation sites (N-methyl/N-ethyl adjacent to an activating group) is 1. The third-order valence-electron chi connectivity index (χ3n) is 2.95. The molecule has 0 aromatic carbocycles. The van der Waals surface area contributed by atoms with Gasteiger partial charge in [-0.3, -0.25) is 4.90 Å². The molecule has 2 heterocycles. The third-order valence-corrected chi connectivity index (χ3v) is 2.95. The van der Waals surface area contributed by atoms with Gasteiger partial charge < -0.3 is 4.98 Å². The summed E-state index contributed by atoms with van der Waals surface area (Å²) in [6.45, 7) is 5.54. The highest BCUT2D eigenvalue weighted by atomic mass is 15.2. The van der Waals surface area contributed by atoms with Crippen molar-refractivity contribution in [1.29, 1.82) is 0 Å². The van der Waals surface area contributed by atoms with Gasteiger partial charge in [0.05, 0.1) is 17.6 Å². The van der Waals surface area contributed by atoms with E-state index in [1.807, 2.05) is 0 Å². The molecule has 1 aliphatic heterocycles. The van der Waals surface area contributed by atoms with E-state index in [9.17, 15) is 0 Å². The van der Waals surface area contributed by atoms with Crippen LogP contribution in [0.5, 0.6) is 0 Å². The fraction of sp³-hybridized carbons (Fsp3) is 0.667. The number of hydrogen-bond acceptors (Lipinski definition) is 2. The average Bonchev–Trinajstić information content (AvgIpc) is 2.46. The Morgan fingerprint density at radius 2 is 2.33 bits per heavy atom. The van der Waals surface area contributed by atoms with Crippen LogP contribution in [0.2, 0.25) is 0 Å². The molecule has 2 rings (SSSR count). The smallest absolute Gasteiger partial charge is 0.0926 e. The topological polar surface area (TPSA) is 31.9 Å². The molecule has 66 valence electrons. The second-order valence-corrected chi connectivity index (χ2v) is 3.96. The molecule has 0 fully saturated rings. The zero-order valence-corrected chi connectivity index (χ0v) is 7.89. The Balaban J connectivity index is 2.49. The molecule has 0 spiro atoms. The Hall–Kier alpha value is -0.830. The van der Waals surface area contributed by atoms with E-state index in [0.29, 0.717) is 0 Å². The van der Waals surface area contributed by atoms with E-state index >= 15 is 0 Å². The minimum absolute atomic E-state index is 0.0909. The van der Waals surface area contributed by atoms with Gasteiger partial charge in [0.1, 0.15) is 0 Å². The van der Waals surface area contributed by atoms with Crippen molar-refractivity contribution in [3.05, 3.63) is 17.7 Å². The molecule has 0 saturated heterocycles. The number of imidazole rings is 1. The Morgan fingerprint density at radius 1 is 1.58 bits per heavy atom. The van der Waals surface area contributed by atoms with Gasteiger partial charge in [-0.2, -0.15) is 0 Å². The molecular formula is C9H15N3. The van der Waals surface area contributed by atoms with E-state index < -0.39 is 0 Å². The van der Waals surface area contributed by atoms with Crippen LogP contribution in [-0.2, 0) is 12.0 Å². The van der Waals surface area contributed by atoms with Gasteiger partial charge in [0.2, 0.25) is 0 Å². The number of fused-ring (bicyclic) bond motifs is 1. The Bertz CT molecular complexity index is 288. The lowest BCUT2D eigenvalue weighted by Gasteiger charge is -2.38. The molecule has 1 N–H and O–H groups in total. The fourth-order valence-corrected chi connectivity index (χ4v) is 1.78. The van der Waals surface area contributed by atoms with Crippen LogP contribution in [0, 0.1) is 0 Å². The Labute approximate surface area is 72.8 Å². The minimum atomic E-state index is 0.0909. The Morgan fingerprint density at radius 3 is 3.08 bits per heavy atom. The van der Waals surface area contributed by atoms with Crippen LogP contribution in [0.1, 0.15) is 25.2 Å². The molecule has 0 radical (unpaired) electrons. The van der Waals surface area contributed by atoms with Crippen molar-refractivity contribution < 1.29 is 0 Å². The molecule has 1 aliphatic rings. The van der Waals surface area contributed by atoms with Gasteiger partial charge in [-0.05, 0) is 20.9 Å². The molecule has 0 amide bonds. The summed E-state index contributed by atoms with van der Waals surface area (Å²) < 4.78 is 0. The number of nitrogens with zero attached hydrogens (tertiary/aromatic N) is 2. The predicted molar refractivity (Wildman–Crippen MR) is 47.9 cm³/mol. The first-order chi connectivity index (χ1) is 5.62. The van der Waals surface area contributed by atoms with Gasteiger partial charge in [0.15, 0.2) is 0 Å². The summed E-state index contributed by atoms with van der Waals surface area (Å²) in [6.07, 6.45) is 2.89. The van der Waals surface area contributed by atoms with E-state index in [4.69, 9.17) is 0 Å². The molecule has 1 aromatic rings. The van der Waals surface area contributed by atoms with E-state index in [2.05, 4.69) is 35.8 Å². The van der Waals surface area contributed by atoms with Gasteiger partial charge in [-0.15, -0.1) is 0 Å². The molecule has 0 unspecified atom stereocenters. The van der Waals surface area contributed by atoms with Crippen molar-refractivity contribution in [2.45, 2.75) is 25.8 Å². The maximum absolute atomic E-state index is 4.36. The highest BCUT2D eigenvalue weighted by Crippen LogP contribution is 2.30. The van der Waals surface area contributed by atoms with E-state index in [1.54, 1.807) is 6.33 Å². The molecule has 0 atom stereocenters. The summed E-state index contributed by atoms with van der Waals surface area (Å²) in [4.78, 5) is 9.90. The van der Waals surface area contributed by atoms with Crippen molar-refractivity contribution in [3.8, 4) is 0 Å². The van der Waals surface area contributed by atoms with Crippen LogP contribution in [-0.4, -0.2) is 28.5 Å². The highest BCUT2D eigenvalue weighted by Gasteiger charge is 2.33. The Kier molecular flexibility index (Phi) is 1.51. The lowest BCUT2D eigenvalue weighted by Crippen LogP contribution is -2.44. The monoisotopic (exact) mass is 165 g/mol. The third kappa shape index (κ3) is 0.894. The number of aromatic nitrogens is 2. The first-order valence-electron chi connectivity index (χ1n) is 4.36. The number of aromatic amines is 1. The van der Waals surface area contributed by atoms with Gasteiger partial charge in [0, 0.05) is 18.7 Å². The molecule has 0 saturated carbocycles. The lowest BCUT2D eigenvalue weighted by atomic mass is 9.92. The summed E-state index contributed by atoms with van der Waals surface area (Å²) >= 11 is 0. The number of H-pyrrole nitrogens is 1. The van der Waals surface area contributed by atoms with Crippen LogP contribution >= 0.6 is 0 Å². The van der Waals surface area contributed by atoms with Crippen molar-refractivity contribution in [1.82, 2.24) is 14.9 Å². The maximum Gasteiger partial charge on any atom is 0.0926 e. The van der Waals surface area contributed by atoms with E-state index in [1.165, 1.54) is 11.4 Å². The van der Waals surface area contributed by atoms with Gasteiger partial charge in [-0.25, -0.2) is 4.98 Å². The number of hydrogen-bond donors (Lipinski definition) is 1. The van der Waals surface area contributed by atoms with Crippen LogP contribution < -0.4 is 0 Å². The van der Waals surface area contributed by atoms with Gasteiger partial charge >= 0.3 is 0 Å². The van der Waals surface area contributed by atoms with Crippen LogP contribution in [0.4, 0.5) is 0 Å². The largest absolute Gasteiger partial charge is 0.348 e. The minimum Gasteiger partial charge on any atom is -0.348 e. The first-order valence-corrected chi connectivity index (χ1v) is 4.36. The SMILES string of the molecule is CN1CCc2[nH]cnc2C1(C)C. The zero-order valence-electron chi connectivity index (χ0n) is 7.89. The van der Waals surface area contributed by atoms with Gasteiger partial charge in [-0.1, -0.05) is 0 Å². The summed E-state index contributed by atoms with van der Waals surface area (Å²) in [7, 11) is 2.15. The van der Waals surface area contributed by atoms with Crippen molar-refractivity contribution in [3.63, 3.8) is 0 Å². The summed E-state index contributed by atoms with van der Waals surface area (Å²) in [5, 5.41) is 0. The van der Waals surface area contributed by atoms with E-state index in [-0.39, 0.29) is 5.54 Å². The van der Waals surface area contributed by atoms with Crippen LogP contribution in [0.25, 0.3) is 0 Å². The summed E-state index contributed by atoms with van der Waals surface area (Å²) in [6, 6.07) is 0. The molecule has 3 heteroatoms. The quantitative estimate of drug-likeness (QED) is 0.625. The van der Waals surface area contributed by atoms with Crippen LogP contribution in [0.3, 0.4) is 0 Å². The highest BCUT2D eigenvalue weighted by molar-refractivity contribution is 5.23. The molecule has 12 heavy (non-hydrogen) atoms. The number of nitrogens with one attached hydrogen (secondary N) is 1. The summed E-state index contributed by atoms with van der Waals surface area (Å²) in [5.41, 5.74) is 2.60. The molecule has 0 bridgehead atoms. The fourth-order valence-electron chi connectivity index (χ4n) is 1.78. The second-order valence-electron chi connectivity index (χ2n) is 3.96. The predicted octanol–water partition coefficient (Wildman–Crippen LogP) is 1.13. The van der Waals surface area contributed by atoms with Crippen LogP contribution in [0.15, 0.2) is 6.33 Å². The summed E-state index contributed by atoms with van der Waals surface area (Å²) in [5.74, 6) is 0. The maximum atomic E-state index is 4.36. The normalized spacial score (nSPS) is 22.2. The standard InChI is InChI=1S/C9H15N3/c1-9(2)8-7(10-6-11-8)4-5-12(9)3/h6H,4-5H2,1-3H3,(H,10,11).